The molecule has 1 aromatic carbocycles. The van der Waals surface area contributed by atoms with Crippen LogP contribution in [0.1, 0.15) is 35.7 Å². The number of rotatable bonds is 2. The maximum Gasteiger partial charge on any atom is 0.0681 e. The number of fused-ring (bicyclic) bond motifs is 1. The highest BCUT2D eigenvalue weighted by atomic mass is 16.3. The number of aliphatic hydroxyl groups excluding tert-OH is 1. The molecule has 0 fully saturated rings. The number of nitrogens with two attached hydrogens (primary N) is 1. The quantitative estimate of drug-likeness (QED) is 0.849. The van der Waals surface area contributed by atoms with Gasteiger partial charge < -0.3 is 15.4 Å². The largest absolute Gasteiger partial charge is 0.392 e. The van der Waals surface area contributed by atoms with Gasteiger partial charge >= 0.3 is 0 Å². The smallest absolute Gasteiger partial charge is 0.0681 e. The highest BCUT2D eigenvalue weighted by Gasteiger charge is 2.20. The SMILES string of the molecule is NC1CCCc2c1ccn2-c1ccc(CO)cc1. The van der Waals surface area contributed by atoms with E-state index in [9.17, 15) is 0 Å². The molecule has 1 atom stereocenters. The molecule has 0 radical (unpaired) electrons. The topological polar surface area (TPSA) is 51.2 Å². The van der Waals surface area contributed by atoms with Crippen LogP contribution in [0.3, 0.4) is 0 Å². The maximum absolute atomic E-state index is 9.06. The average molecular weight is 242 g/mol. The Hall–Kier alpha value is -1.58. The molecule has 0 aliphatic heterocycles. The van der Waals surface area contributed by atoms with Gasteiger partial charge in [-0.25, -0.2) is 0 Å². The second-order valence-corrected chi connectivity index (χ2v) is 4.91. The molecule has 3 rings (SSSR count). The van der Waals surface area contributed by atoms with Gasteiger partial charge in [0.1, 0.15) is 0 Å². The van der Waals surface area contributed by atoms with Gasteiger partial charge in [0.05, 0.1) is 6.61 Å². The van der Waals surface area contributed by atoms with Crippen LogP contribution in [0, 0.1) is 0 Å². The molecule has 18 heavy (non-hydrogen) atoms. The fourth-order valence-electron chi connectivity index (χ4n) is 2.73. The zero-order valence-corrected chi connectivity index (χ0v) is 10.3. The first-order valence-electron chi connectivity index (χ1n) is 6.45. The van der Waals surface area contributed by atoms with Crippen LogP contribution in [0.5, 0.6) is 0 Å². The van der Waals surface area contributed by atoms with Gasteiger partial charge in [-0.05, 0) is 48.6 Å². The summed E-state index contributed by atoms with van der Waals surface area (Å²) in [5.41, 5.74) is 10.8. The van der Waals surface area contributed by atoms with E-state index in [1.807, 2.05) is 24.3 Å². The summed E-state index contributed by atoms with van der Waals surface area (Å²) < 4.78 is 2.22. The third kappa shape index (κ3) is 1.85. The Kier molecular flexibility index (Phi) is 2.94. The second-order valence-electron chi connectivity index (χ2n) is 4.91. The van der Waals surface area contributed by atoms with Crippen LogP contribution in [0.15, 0.2) is 36.5 Å². The molecule has 94 valence electrons. The summed E-state index contributed by atoms with van der Waals surface area (Å²) in [4.78, 5) is 0. The molecule has 3 nitrogen and oxygen atoms in total. The van der Waals surface area contributed by atoms with E-state index in [2.05, 4.69) is 16.8 Å². The third-order valence-electron chi connectivity index (χ3n) is 3.75. The number of aliphatic hydroxyl groups is 1. The van der Waals surface area contributed by atoms with Crippen LogP contribution in [0.4, 0.5) is 0 Å². The average Bonchev–Trinajstić information content (AvgIpc) is 2.84. The van der Waals surface area contributed by atoms with Crippen LogP contribution in [-0.4, -0.2) is 9.67 Å². The normalized spacial score (nSPS) is 18.7. The Labute approximate surface area is 107 Å². The fraction of sp³-hybridized carbons (Fsp3) is 0.333. The van der Waals surface area contributed by atoms with Crippen molar-refractivity contribution < 1.29 is 5.11 Å². The molecular weight excluding hydrogens is 224 g/mol. The number of nitrogens with zero attached hydrogens (tertiary/aromatic N) is 1. The predicted molar refractivity (Wildman–Crippen MR) is 71.6 cm³/mol. The summed E-state index contributed by atoms with van der Waals surface area (Å²) in [7, 11) is 0. The van der Waals surface area contributed by atoms with Crippen molar-refractivity contribution in [2.45, 2.75) is 31.9 Å². The molecule has 2 aromatic rings. The highest BCUT2D eigenvalue weighted by Crippen LogP contribution is 2.30. The van der Waals surface area contributed by atoms with Gasteiger partial charge in [0.25, 0.3) is 0 Å². The minimum Gasteiger partial charge on any atom is -0.392 e. The van der Waals surface area contributed by atoms with Crippen LogP contribution >= 0.6 is 0 Å². The minimum absolute atomic E-state index is 0.0922. The molecule has 0 spiro atoms. The summed E-state index contributed by atoms with van der Waals surface area (Å²) in [5.74, 6) is 0. The van der Waals surface area contributed by atoms with E-state index >= 15 is 0 Å². The number of benzene rings is 1. The lowest BCUT2D eigenvalue weighted by Gasteiger charge is -2.21. The van der Waals surface area contributed by atoms with Gasteiger partial charge in [-0.2, -0.15) is 0 Å². The van der Waals surface area contributed by atoms with Crippen molar-refractivity contribution in [3.63, 3.8) is 0 Å². The lowest BCUT2D eigenvalue weighted by molar-refractivity contribution is 0.282. The monoisotopic (exact) mass is 242 g/mol. The molecule has 0 saturated carbocycles. The number of hydrogen-bond acceptors (Lipinski definition) is 2. The lowest BCUT2D eigenvalue weighted by atomic mass is 9.93. The second kappa shape index (κ2) is 4.59. The summed E-state index contributed by atoms with van der Waals surface area (Å²) >= 11 is 0. The van der Waals surface area contributed by atoms with Gasteiger partial charge in [-0.1, -0.05) is 12.1 Å². The zero-order valence-electron chi connectivity index (χ0n) is 10.3. The van der Waals surface area contributed by atoms with Crippen LogP contribution in [0.25, 0.3) is 5.69 Å². The molecule has 1 aliphatic carbocycles. The van der Waals surface area contributed by atoms with Gasteiger partial charge in [-0.15, -0.1) is 0 Å². The Morgan fingerprint density at radius 2 is 2.00 bits per heavy atom. The number of aromatic nitrogens is 1. The third-order valence-corrected chi connectivity index (χ3v) is 3.75. The molecular formula is C15H18N2O. The Morgan fingerprint density at radius 3 is 2.72 bits per heavy atom. The van der Waals surface area contributed by atoms with Crippen molar-refractivity contribution in [2.24, 2.45) is 5.73 Å². The first kappa shape index (κ1) is 11.5. The van der Waals surface area contributed by atoms with Crippen LogP contribution in [0.2, 0.25) is 0 Å². The van der Waals surface area contributed by atoms with Crippen molar-refractivity contribution in [1.29, 1.82) is 0 Å². The van der Waals surface area contributed by atoms with Crippen molar-refractivity contribution in [3.05, 3.63) is 53.3 Å². The van der Waals surface area contributed by atoms with Crippen LogP contribution in [-0.2, 0) is 13.0 Å². The van der Waals surface area contributed by atoms with Crippen molar-refractivity contribution in [2.75, 3.05) is 0 Å². The van der Waals surface area contributed by atoms with E-state index in [0.717, 1.165) is 30.5 Å². The van der Waals surface area contributed by atoms with Crippen LogP contribution < -0.4 is 5.73 Å². The van der Waals surface area contributed by atoms with Gasteiger partial charge in [0, 0.05) is 23.6 Å². The molecule has 1 heterocycles. The summed E-state index contributed by atoms with van der Waals surface area (Å²) in [5, 5.41) is 9.06. The number of hydrogen-bond donors (Lipinski definition) is 2. The summed E-state index contributed by atoms with van der Waals surface area (Å²) in [6.45, 7) is 0.0922. The van der Waals surface area contributed by atoms with E-state index < -0.39 is 0 Å². The summed E-state index contributed by atoms with van der Waals surface area (Å²) in [6, 6.07) is 10.3. The van der Waals surface area contributed by atoms with E-state index in [1.54, 1.807) is 0 Å². The molecule has 1 unspecified atom stereocenters. The first-order valence-corrected chi connectivity index (χ1v) is 6.45. The molecule has 1 aromatic heterocycles. The molecule has 3 N–H and O–H groups in total. The van der Waals surface area contributed by atoms with E-state index in [-0.39, 0.29) is 12.6 Å². The first-order chi connectivity index (χ1) is 8.79. The van der Waals surface area contributed by atoms with E-state index in [4.69, 9.17) is 10.8 Å². The maximum atomic E-state index is 9.06. The van der Waals surface area contributed by atoms with E-state index in [1.165, 1.54) is 11.3 Å². The Morgan fingerprint density at radius 1 is 1.22 bits per heavy atom. The van der Waals surface area contributed by atoms with Crippen molar-refractivity contribution in [3.8, 4) is 5.69 Å². The molecule has 3 heteroatoms. The fourth-order valence-corrected chi connectivity index (χ4v) is 2.73. The Balaban J connectivity index is 2.01. The molecule has 0 bridgehead atoms. The molecule has 1 aliphatic rings. The van der Waals surface area contributed by atoms with Crippen molar-refractivity contribution in [1.82, 2.24) is 4.57 Å². The minimum atomic E-state index is 0.0922. The lowest BCUT2D eigenvalue weighted by Crippen LogP contribution is -2.17. The highest BCUT2D eigenvalue weighted by molar-refractivity contribution is 5.41. The standard InChI is InChI=1S/C15H18N2O/c16-14-2-1-3-15-13(14)8-9-17(15)12-6-4-11(10-18)5-7-12/h4-9,14,18H,1-3,10,16H2. The summed E-state index contributed by atoms with van der Waals surface area (Å²) in [6.07, 6.45) is 5.44. The predicted octanol–water partition coefficient (Wildman–Crippen LogP) is 2.31. The van der Waals surface area contributed by atoms with Gasteiger partial charge in [0.2, 0.25) is 0 Å². The zero-order chi connectivity index (χ0) is 12.5. The van der Waals surface area contributed by atoms with Gasteiger partial charge in [0.15, 0.2) is 0 Å². The Bertz CT molecular complexity index is 542. The van der Waals surface area contributed by atoms with Gasteiger partial charge in [-0.3, -0.25) is 0 Å². The molecule has 0 saturated heterocycles. The molecule has 0 amide bonds. The van der Waals surface area contributed by atoms with Crippen molar-refractivity contribution >= 4 is 0 Å². The van der Waals surface area contributed by atoms with E-state index in [0.29, 0.717) is 0 Å².